The predicted molar refractivity (Wildman–Crippen MR) is 101 cm³/mol. The lowest BCUT2D eigenvalue weighted by atomic mass is 10.2. The zero-order chi connectivity index (χ0) is 19.2. The molecular weight excluding hydrogens is 347 g/mol. The number of hydrogen-bond acceptors (Lipinski definition) is 3. The van der Waals surface area contributed by atoms with Crippen LogP contribution in [0.4, 0.5) is 15.0 Å². The molecule has 2 aromatic heterocycles. The molecule has 0 aliphatic carbocycles. The van der Waals surface area contributed by atoms with E-state index in [9.17, 15) is 9.18 Å². The van der Waals surface area contributed by atoms with Gasteiger partial charge in [-0.1, -0.05) is 12.1 Å². The molecule has 0 bridgehead atoms. The number of carbonyl (C=O) groups excluding carboxylic acids is 1. The highest BCUT2D eigenvalue weighted by Crippen LogP contribution is 2.16. The minimum Gasteiger partial charge on any atom is -0.338 e. The second-order valence-electron chi connectivity index (χ2n) is 6.49. The predicted octanol–water partition coefficient (Wildman–Crippen LogP) is 3.35. The molecule has 1 atom stereocenters. The molecule has 7 nitrogen and oxygen atoms in total. The van der Waals surface area contributed by atoms with Gasteiger partial charge >= 0.3 is 6.03 Å². The molecule has 3 aromatic rings. The van der Waals surface area contributed by atoms with E-state index in [1.165, 1.54) is 12.1 Å². The maximum Gasteiger partial charge on any atom is 0.320 e. The Morgan fingerprint density at radius 2 is 2.22 bits per heavy atom. The normalized spacial score (nSPS) is 12.0. The van der Waals surface area contributed by atoms with Crippen molar-refractivity contribution in [2.75, 3.05) is 11.9 Å². The zero-order valence-electron chi connectivity index (χ0n) is 15.4. The van der Waals surface area contributed by atoms with Crippen molar-refractivity contribution in [1.29, 1.82) is 0 Å². The summed E-state index contributed by atoms with van der Waals surface area (Å²) in [5, 5.41) is 9.97. The summed E-state index contributed by atoms with van der Waals surface area (Å²) in [6.07, 6.45) is 7.86. The van der Waals surface area contributed by atoms with Gasteiger partial charge in [-0.25, -0.2) is 18.9 Å². The highest BCUT2D eigenvalue weighted by atomic mass is 19.1. The highest BCUT2D eigenvalue weighted by Gasteiger charge is 2.12. The summed E-state index contributed by atoms with van der Waals surface area (Å²) in [6, 6.07) is 6.28. The summed E-state index contributed by atoms with van der Waals surface area (Å²) in [4.78, 5) is 16.3. The van der Waals surface area contributed by atoms with Crippen LogP contribution >= 0.6 is 0 Å². The van der Waals surface area contributed by atoms with Crippen LogP contribution in [0.1, 0.15) is 30.5 Å². The summed E-state index contributed by atoms with van der Waals surface area (Å²) in [5.74, 6) is 0.301. The van der Waals surface area contributed by atoms with Gasteiger partial charge in [-0.3, -0.25) is 5.32 Å². The molecule has 0 aliphatic rings. The van der Waals surface area contributed by atoms with Gasteiger partial charge in [0.2, 0.25) is 0 Å². The quantitative estimate of drug-likeness (QED) is 0.670. The molecule has 2 heterocycles. The van der Waals surface area contributed by atoms with E-state index >= 15 is 0 Å². The summed E-state index contributed by atoms with van der Waals surface area (Å²) in [6.45, 7) is 4.84. The Morgan fingerprint density at radius 1 is 1.37 bits per heavy atom. The van der Waals surface area contributed by atoms with E-state index in [2.05, 4.69) is 27.6 Å². The van der Waals surface area contributed by atoms with E-state index in [-0.39, 0.29) is 17.9 Å². The van der Waals surface area contributed by atoms with Crippen LogP contribution in [-0.2, 0) is 6.54 Å². The molecule has 142 valence electrons. The molecular formula is C19H23FN6O. The van der Waals surface area contributed by atoms with Crippen LogP contribution in [-0.4, -0.2) is 31.9 Å². The molecule has 0 unspecified atom stereocenters. The number of nitrogens with one attached hydrogen (secondary N) is 2. The van der Waals surface area contributed by atoms with Gasteiger partial charge in [-0.05, 0) is 38.0 Å². The van der Waals surface area contributed by atoms with E-state index in [1.54, 1.807) is 29.5 Å². The maximum atomic E-state index is 13.4. The number of hydrogen-bond donors (Lipinski definition) is 2. The molecule has 3 rings (SSSR count). The van der Waals surface area contributed by atoms with Crippen molar-refractivity contribution < 1.29 is 9.18 Å². The van der Waals surface area contributed by atoms with Gasteiger partial charge in [0, 0.05) is 30.5 Å². The smallest absolute Gasteiger partial charge is 0.320 e. The first-order chi connectivity index (χ1) is 13.0. The van der Waals surface area contributed by atoms with E-state index in [1.807, 2.05) is 23.8 Å². The number of urea groups is 1. The monoisotopic (exact) mass is 370 g/mol. The molecule has 27 heavy (non-hydrogen) atoms. The topological polar surface area (TPSA) is 76.8 Å². The van der Waals surface area contributed by atoms with Crippen LogP contribution in [0.25, 0.3) is 0 Å². The number of halogens is 1. The van der Waals surface area contributed by atoms with Crippen LogP contribution in [0.5, 0.6) is 0 Å². The Kier molecular flexibility index (Phi) is 5.85. The molecule has 8 heteroatoms. The second kappa shape index (κ2) is 8.48. The summed E-state index contributed by atoms with van der Waals surface area (Å²) in [7, 11) is 0. The van der Waals surface area contributed by atoms with Gasteiger partial charge in [0.15, 0.2) is 0 Å². The fraction of sp³-hybridized carbons (Fsp3) is 0.316. The summed E-state index contributed by atoms with van der Waals surface area (Å²) < 4.78 is 17.0. The minimum absolute atomic E-state index is 0.244. The van der Waals surface area contributed by atoms with Gasteiger partial charge in [0.1, 0.15) is 11.6 Å². The van der Waals surface area contributed by atoms with Crippen LogP contribution < -0.4 is 10.6 Å². The number of aromatic nitrogens is 4. The van der Waals surface area contributed by atoms with Gasteiger partial charge < -0.3 is 9.88 Å². The van der Waals surface area contributed by atoms with E-state index in [4.69, 9.17) is 0 Å². The van der Waals surface area contributed by atoms with Crippen molar-refractivity contribution in [3.63, 3.8) is 0 Å². The number of rotatable bonds is 7. The Balaban J connectivity index is 1.55. The average Bonchev–Trinajstić information content (AvgIpc) is 3.28. The number of benzene rings is 1. The van der Waals surface area contributed by atoms with Crippen LogP contribution in [0.2, 0.25) is 0 Å². The molecule has 0 radical (unpaired) electrons. The van der Waals surface area contributed by atoms with Crippen molar-refractivity contribution in [2.24, 2.45) is 0 Å². The Labute approximate surface area is 157 Å². The maximum absolute atomic E-state index is 13.4. The van der Waals surface area contributed by atoms with Crippen LogP contribution in [0.15, 0.2) is 49.2 Å². The molecule has 0 saturated carbocycles. The fourth-order valence-corrected chi connectivity index (χ4v) is 2.80. The molecule has 0 spiro atoms. The Hall–Kier alpha value is -3.16. The Bertz CT molecular complexity index is 890. The summed E-state index contributed by atoms with van der Waals surface area (Å²) in [5.41, 5.74) is 1.61. The van der Waals surface area contributed by atoms with Crippen LogP contribution in [0.3, 0.4) is 0 Å². The molecule has 1 aromatic carbocycles. The van der Waals surface area contributed by atoms with Gasteiger partial charge in [0.05, 0.1) is 19.1 Å². The third-order valence-electron chi connectivity index (χ3n) is 4.36. The number of aryl methyl sites for hydroxylation is 1. The SMILES string of the molecule is Cc1cnn(Cc2cccc(F)c2)c1NC(=O)NCC[C@@H](C)n1ccnc1. The number of imidazole rings is 1. The van der Waals surface area contributed by atoms with Gasteiger partial charge in [-0.15, -0.1) is 0 Å². The van der Waals surface area contributed by atoms with Gasteiger partial charge in [-0.2, -0.15) is 5.10 Å². The van der Waals surface area contributed by atoms with E-state index in [0.717, 1.165) is 17.5 Å². The number of anilines is 1. The third kappa shape index (κ3) is 4.93. The molecule has 0 aliphatic heterocycles. The van der Waals surface area contributed by atoms with Gasteiger partial charge in [0.25, 0.3) is 0 Å². The van der Waals surface area contributed by atoms with Crippen LogP contribution in [0, 0.1) is 12.7 Å². The lowest BCUT2D eigenvalue weighted by molar-refractivity contribution is 0.251. The second-order valence-corrected chi connectivity index (χ2v) is 6.49. The number of carbonyl (C=O) groups is 1. The Morgan fingerprint density at radius 3 is 2.96 bits per heavy atom. The molecule has 2 N–H and O–H groups in total. The first-order valence-electron chi connectivity index (χ1n) is 8.82. The average molecular weight is 370 g/mol. The third-order valence-corrected chi connectivity index (χ3v) is 4.36. The molecule has 0 fully saturated rings. The van der Waals surface area contributed by atoms with Crippen molar-refractivity contribution in [1.82, 2.24) is 24.6 Å². The first-order valence-corrected chi connectivity index (χ1v) is 8.82. The minimum atomic E-state index is -0.296. The highest BCUT2D eigenvalue weighted by molar-refractivity contribution is 5.89. The van der Waals surface area contributed by atoms with Crippen molar-refractivity contribution in [3.8, 4) is 0 Å². The number of amides is 2. The van der Waals surface area contributed by atoms with Crippen molar-refractivity contribution >= 4 is 11.8 Å². The molecule has 0 saturated heterocycles. The summed E-state index contributed by atoms with van der Waals surface area (Å²) >= 11 is 0. The number of nitrogens with zero attached hydrogens (tertiary/aromatic N) is 4. The largest absolute Gasteiger partial charge is 0.338 e. The lowest BCUT2D eigenvalue weighted by Gasteiger charge is -2.14. The van der Waals surface area contributed by atoms with E-state index < -0.39 is 0 Å². The van der Waals surface area contributed by atoms with Crippen molar-refractivity contribution in [3.05, 3.63) is 66.1 Å². The zero-order valence-corrected chi connectivity index (χ0v) is 15.4. The standard InChI is InChI=1S/C19H23FN6O/c1-14-11-23-26(12-16-4-3-5-17(20)10-16)18(14)24-19(27)22-7-6-15(2)25-9-8-21-13-25/h3-5,8-11,13,15H,6-7,12H2,1-2H3,(H2,22,24,27)/t15-/m1/s1. The molecule has 2 amide bonds. The van der Waals surface area contributed by atoms with E-state index in [0.29, 0.717) is 18.9 Å². The fourth-order valence-electron chi connectivity index (χ4n) is 2.80. The van der Waals surface area contributed by atoms with Crippen molar-refractivity contribution in [2.45, 2.75) is 32.9 Å². The first kappa shape index (κ1) is 18.6. The lowest BCUT2D eigenvalue weighted by Crippen LogP contribution is -2.31.